The quantitative estimate of drug-likeness (QED) is 0.584. The van der Waals surface area contributed by atoms with Gasteiger partial charge in [0.15, 0.2) is 0 Å². The third kappa shape index (κ3) is 5.63. The van der Waals surface area contributed by atoms with Crippen LogP contribution in [-0.2, 0) is 14.8 Å². The molecule has 1 fully saturated rings. The van der Waals surface area contributed by atoms with E-state index in [1.54, 1.807) is 19.1 Å². The molecule has 32 heavy (non-hydrogen) atoms. The lowest BCUT2D eigenvalue weighted by molar-refractivity contribution is -0.114. The Labute approximate surface area is 187 Å². The number of nitrogens with zero attached hydrogens (tertiary/aromatic N) is 1. The predicted molar refractivity (Wildman–Crippen MR) is 120 cm³/mol. The fourth-order valence-corrected chi connectivity index (χ4v) is 5.36. The SMILES string of the molecule is Cc1ccc(NC(=O)CNc2ccc(C(N)=O)c(F)c2)cc1S(=O)(=O)N1CCCCCC1. The summed E-state index contributed by atoms with van der Waals surface area (Å²) in [5.74, 6) is -2.10. The number of carbonyl (C=O) groups excluding carboxylic acids is 2. The van der Waals surface area contributed by atoms with Crippen molar-refractivity contribution < 1.29 is 22.4 Å². The summed E-state index contributed by atoms with van der Waals surface area (Å²) in [4.78, 5) is 23.6. The number of halogens is 1. The maximum absolute atomic E-state index is 13.8. The third-order valence-electron chi connectivity index (χ3n) is 5.34. The van der Waals surface area contributed by atoms with E-state index in [1.165, 1.54) is 22.5 Å². The molecule has 1 aliphatic heterocycles. The summed E-state index contributed by atoms with van der Waals surface area (Å²) in [6, 6.07) is 8.51. The van der Waals surface area contributed by atoms with E-state index in [0.29, 0.717) is 30.0 Å². The first-order valence-electron chi connectivity index (χ1n) is 10.4. The van der Waals surface area contributed by atoms with E-state index >= 15 is 0 Å². The van der Waals surface area contributed by atoms with E-state index in [1.807, 2.05) is 0 Å². The number of sulfonamides is 1. The molecule has 0 aromatic heterocycles. The number of benzene rings is 2. The van der Waals surface area contributed by atoms with Crippen LogP contribution in [0, 0.1) is 12.7 Å². The Bertz CT molecular complexity index is 1110. The number of anilines is 2. The summed E-state index contributed by atoms with van der Waals surface area (Å²) in [6.45, 7) is 2.53. The molecule has 0 unspecified atom stereocenters. The van der Waals surface area contributed by atoms with Crippen LogP contribution < -0.4 is 16.4 Å². The van der Waals surface area contributed by atoms with Crippen LogP contribution in [0.1, 0.15) is 41.6 Å². The highest BCUT2D eigenvalue weighted by Gasteiger charge is 2.27. The number of nitrogens with one attached hydrogen (secondary N) is 2. The molecule has 2 aromatic rings. The maximum Gasteiger partial charge on any atom is 0.251 e. The minimum atomic E-state index is -3.66. The normalized spacial score (nSPS) is 15.1. The van der Waals surface area contributed by atoms with Crippen molar-refractivity contribution in [2.75, 3.05) is 30.3 Å². The molecule has 0 radical (unpaired) electrons. The van der Waals surface area contributed by atoms with Gasteiger partial charge in [-0.3, -0.25) is 9.59 Å². The first kappa shape index (κ1) is 23.7. The van der Waals surface area contributed by atoms with E-state index in [-0.39, 0.29) is 17.0 Å². The van der Waals surface area contributed by atoms with Gasteiger partial charge in [0.2, 0.25) is 15.9 Å². The van der Waals surface area contributed by atoms with Crippen LogP contribution in [0.15, 0.2) is 41.3 Å². The largest absolute Gasteiger partial charge is 0.376 e. The Kier molecular flexibility index (Phi) is 7.47. The molecule has 10 heteroatoms. The summed E-state index contributed by atoms with van der Waals surface area (Å²) >= 11 is 0. The summed E-state index contributed by atoms with van der Waals surface area (Å²) in [6.07, 6.45) is 3.70. The van der Waals surface area contributed by atoms with E-state index in [9.17, 15) is 22.4 Å². The van der Waals surface area contributed by atoms with Gasteiger partial charge in [0, 0.05) is 24.5 Å². The summed E-state index contributed by atoms with van der Waals surface area (Å²) < 4.78 is 41.7. The van der Waals surface area contributed by atoms with Gasteiger partial charge in [-0.2, -0.15) is 4.31 Å². The standard InChI is InChI=1S/C22H27FN4O4S/c1-15-6-7-17(13-20(15)32(30,31)27-10-4-2-3-5-11-27)26-21(28)14-25-16-8-9-18(22(24)29)19(23)12-16/h6-9,12-13,25H,2-5,10-11,14H2,1H3,(H2,24,29)(H,26,28). The van der Waals surface area contributed by atoms with Gasteiger partial charge in [-0.15, -0.1) is 0 Å². The molecule has 0 atom stereocenters. The minimum Gasteiger partial charge on any atom is -0.376 e. The molecule has 0 bridgehead atoms. The summed E-state index contributed by atoms with van der Waals surface area (Å²) in [5, 5.41) is 5.42. The second kappa shape index (κ2) is 10.1. The lowest BCUT2D eigenvalue weighted by Crippen LogP contribution is -2.32. The Balaban J connectivity index is 1.68. The highest BCUT2D eigenvalue weighted by atomic mass is 32.2. The number of primary amides is 1. The zero-order valence-corrected chi connectivity index (χ0v) is 18.7. The average Bonchev–Trinajstić information content (AvgIpc) is 3.03. The number of carbonyl (C=O) groups is 2. The topological polar surface area (TPSA) is 122 Å². The van der Waals surface area contributed by atoms with E-state index in [0.717, 1.165) is 31.7 Å². The average molecular weight is 463 g/mol. The van der Waals surface area contributed by atoms with Gasteiger partial charge < -0.3 is 16.4 Å². The van der Waals surface area contributed by atoms with Crippen LogP contribution in [0.3, 0.4) is 0 Å². The fourth-order valence-electron chi connectivity index (χ4n) is 3.59. The Hall–Kier alpha value is -2.98. The van der Waals surface area contributed by atoms with Gasteiger partial charge >= 0.3 is 0 Å². The van der Waals surface area contributed by atoms with Gasteiger partial charge in [0.25, 0.3) is 5.91 Å². The van der Waals surface area contributed by atoms with E-state index in [2.05, 4.69) is 10.6 Å². The first-order chi connectivity index (χ1) is 15.2. The van der Waals surface area contributed by atoms with Crippen LogP contribution in [0.4, 0.5) is 15.8 Å². The van der Waals surface area contributed by atoms with Gasteiger partial charge in [0.05, 0.1) is 17.0 Å². The molecule has 0 aliphatic carbocycles. The number of aryl methyl sites for hydroxylation is 1. The molecule has 2 amide bonds. The van der Waals surface area contributed by atoms with Crippen LogP contribution in [0.5, 0.6) is 0 Å². The lowest BCUT2D eigenvalue weighted by atomic mass is 10.2. The molecule has 2 aromatic carbocycles. The molecule has 1 aliphatic rings. The van der Waals surface area contributed by atoms with Gasteiger partial charge in [0.1, 0.15) is 5.82 Å². The highest BCUT2D eigenvalue weighted by Crippen LogP contribution is 2.26. The zero-order chi connectivity index (χ0) is 23.3. The molecular formula is C22H27FN4O4S. The minimum absolute atomic E-state index is 0.175. The molecule has 3 rings (SSSR count). The number of amides is 2. The number of nitrogens with two attached hydrogens (primary N) is 1. The van der Waals surface area contributed by atoms with Gasteiger partial charge in [-0.05, 0) is 55.7 Å². The maximum atomic E-state index is 13.8. The van der Waals surface area contributed by atoms with Crippen molar-refractivity contribution >= 4 is 33.2 Å². The van der Waals surface area contributed by atoms with Crippen molar-refractivity contribution in [3.63, 3.8) is 0 Å². The van der Waals surface area contributed by atoms with Crippen LogP contribution in [0.25, 0.3) is 0 Å². The first-order valence-corrected chi connectivity index (χ1v) is 11.9. The summed E-state index contributed by atoms with van der Waals surface area (Å²) in [5.41, 5.74) is 6.10. The Morgan fingerprint density at radius 1 is 1.03 bits per heavy atom. The van der Waals surface area contributed by atoms with Crippen molar-refractivity contribution in [3.8, 4) is 0 Å². The number of hydrogen-bond donors (Lipinski definition) is 3. The number of hydrogen-bond acceptors (Lipinski definition) is 5. The smallest absolute Gasteiger partial charge is 0.251 e. The Morgan fingerprint density at radius 3 is 2.31 bits per heavy atom. The number of rotatable bonds is 7. The van der Waals surface area contributed by atoms with Gasteiger partial charge in [-0.25, -0.2) is 12.8 Å². The predicted octanol–water partition coefficient (Wildman–Crippen LogP) is 2.85. The monoisotopic (exact) mass is 462 g/mol. The second-order valence-electron chi connectivity index (χ2n) is 7.76. The highest BCUT2D eigenvalue weighted by molar-refractivity contribution is 7.89. The van der Waals surface area contributed by atoms with Crippen molar-refractivity contribution in [2.45, 2.75) is 37.5 Å². The molecule has 172 valence electrons. The molecule has 0 saturated carbocycles. The summed E-state index contributed by atoms with van der Waals surface area (Å²) in [7, 11) is -3.66. The molecule has 1 saturated heterocycles. The van der Waals surface area contributed by atoms with Crippen molar-refractivity contribution in [1.82, 2.24) is 4.31 Å². The van der Waals surface area contributed by atoms with Crippen LogP contribution in [-0.4, -0.2) is 44.2 Å². The molecule has 8 nitrogen and oxygen atoms in total. The van der Waals surface area contributed by atoms with Crippen LogP contribution in [0.2, 0.25) is 0 Å². The van der Waals surface area contributed by atoms with Crippen molar-refractivity contribution in [3.05, 3.63) is 53.3 Å². The van der Waals surface area contributed by atoms with E-state index in [4.69, 9.17) is 5.73 Å². The zero-order valence-electron chi connectivity index (χ0n) is 17.9. The van der Waals surface area contributed by atoms with Gasteiger partial charge in [-0.1, -0.05) is 18.9 Å². The van der Waals surface area contributed by atoms with Crippen molar-refractivity contribution in [1.29, 1.82) is 0 Å². The Morgan fingerprint density at radius 2 is 1.69 bits per heavy atom. The lowest BCUT2D eigenvalue weighted by Gasteiger charge is -2.21. The van der Waals surface area contributed by atoms with E-state index < -0.39 is 27.7 Å². The molecule has 4 N–H and O–H groups in total. The van der Waals surface area contributed by atoms with Crippen LogP contribution >= 0.6 is 0 Å². The fraction of sp³-hybridized carbons (Fsp3) is 0.364. The second-order valence-corrected chi connectivity index (χ2v) is 9.67. The molecular weight excluding hydrogens is 435 g/mol. The van der Waals surface area contributed by atoms with Crippen molar-refractivity contribution in [2.24, 2.45) is 5.73 Å². The molecule has 1 heterocycles. The third-order valence-corrected chi connectivity index (χ3v) is 7.38. The molecule has 0 spiro atoms.